The summed E-state index contributed by atoms with van der Waals surface area (Å²) in [5, 5.41) is 11.9. The summed E-state index contributed by atoms with van der Waals surface area (Å²) in [5.41, 5.74) is 3.39. The first-order valence-electron chi connectivity index (χ1n) is 7.01. The van der Waals surface area contributed by atoms with E-state index in [1.165, 1.54) is 12.6 Å². The summed E-state index contributed by atoms with van der Waals surface area (Å²) in [5.74, 6) is -0.171. The number of aromatic nitrogens is 2. The topological polar surface area (TPSA) is 70.7 Å². The third-order valence-electron chi connectivity index (χ3n) is 3.85. The minimum atomic E-state index is -0.171. The van der Waals surface area contributed by atoms with Crippen LogP contribution in [0.2, 0.25) is 0 Å². The molecule has 0 aliphatic carbocycles. The maximum atomic E-state index is 11.3. The Bertz CT molecular complexity index is 726. The summed E-state index contributed by atoms with van der Waals surface area (Å²) in [4.78, 5) is 15.5. The molecule has 106 valence electrons. The van der Waals surface area contributed by atoms with E-state index in [4.69, 9.17) is 5.26 Å². The highest BCUT2D eigenvalue weighted by atomic mass is 16.1. The number of anilines is 1. The van der Waals surface area contributed by atoms with E-state index in [1.54, 1.807) is 6.07 Å². The molecule has 21 heavy (non-hydrogen) atoms. The Morgan fingerprint density at radius 3 is 3.14 bits per heavy atom. The van der Waals surface area contributed by atoms with Crippen molar-refractivity contribution in [3.63, 3.8) is 0 Å². The first-order valence-corrected chi connectivity index (χ1v) is 7.01. The van der Waals surface area contributed by atoms with Gasteiger partial charge in [0.1, 0.15) is 6.07 Å². The second-order valence-corrected chi connectivity index (χ2v) is 5.30. The van der Waals surface area contributed by atoms with Gasteiger partial charge in [-0.15, -0.1) is 0 Å². The van der Waals surface area contributed by atoms with Crippen molar-refractivity contribution in [1.29, 1.82) is 5.26 Å². The summed E-state index contributed by atoms with van der Waals surface area (Å²) < 4.78 is 2.18. The molecule has 2 heterocycles. The maximum absolute atomic E-state index is 11.3. The van der Waals surface area contributed by atoms with Gasteiger partial charge < -0.3 is 9.88 Å². The highest BCUT2D eigenvalue weighted by molar-refractivity contribution is 5.90. The Morgan fingerprint density at radius 2 is 2.38 bits per heavy atom. The van der Waals surface area contributed by atoms with E-state index >= 15 is 0 Å². The number of carbonyl (C=O) groups is 1. The number of hydrogen-bond donors (Lipinski definition) is 1. The molecule has 0 saturated carbocycles. The molecule has 1 N–H and O–H groups in total. The fourth-order valence-corrected chi connectivity index (χ4v) is 2.91. The maximum Gasteiger partial charge on any atom is 0.221 e. The number of nitrogens with zero attached hydrogens (tertiary/aromatic N) is 3. The minimum absolute atomic E-state index is 0.171. The smallest absolute Gasteiger partial charge is 0.221 e. The van der Waals surface area contributed by atoms with Crippen LogP contribution in [0.4, 0.5) is 5.69 Å². The van der Waals surface area contributed by atoms with Gasteiger partial charge in [0.15, 0.2) is 0 Å². The van der Waals surface area contributed by atoms with Crippen LogP contribution < -0.4 is 5.32 Å². The van der Waals surface area contributed by atoms with E-state index in [0.29, 0.717) is 11.3 Å². The van der Waals surface area contributed by atoms with Crippen molar-refractivity contribution in [2.75, 3.05) is 5.32 Å². The second kappa shape index (κ2) is 5.41. The van der Waals surface area contributed by atoms with Gasteiger partial charge in [-0.1, -0.05) is 6.07 Å². The molecule has 1 aliphatic heterocycles. The largest absolute Gasteiger partial charge is 0.327 e. The zero-order chi connectivity index (χ0) is 14.8. The van der Waals surface area contributed by atoms with Gasteiger partial charge in [-0.25, -0.2) is 4.98 Å². The van der Waals surface area contributed by atoms with E-state index < -0.39 is 0 Å². The van der Waals surface area contributed by atoms with Crippen LogP contribution in [0.15, 0.2) is 30.7 Å². The van der Waals surface area contributed by atoms with Gasteiger partial charge in [-0.2, -0.15) is 5.26 Å². The molecule has 1 aliphatic rings. The Labute approximate surface area is 123 Å². The molecule has 5 heteroatoms. The van der Waals surface area contributed by atoms with Crippen LogP contribution in [-0.4, -0.2) is 15.5 Å². The number of nitriles is 1. The fraction of sp³-hybridized carbons (Fsp3) is 0.312. The minimum Gasteiger partial charge on any atom is -0.327 e. The molecule has 3 rings (SSSR count). The molecular formula is C16H16N4O. The third-order valence-corrected chi connectivity index (χ3v) is 3.85. The lowest BCUT2D eigenvalue weighted by atomic mass is 9.95. The van der Waals surface area contributed by atoms with Gasteiger partial charge in [-0.3, -0.25) is 4.79 Å². The first kappa shape index (κ1) is 13.4. The Kier molecular flexibility index (Phi) is 3.44. The zero-order valence-corrected chi connectivity index (χ0v) is 11.8. The monoisotopic (exact) mass is 280 g/mol. The van der Waals surface area contributed by atoms with E-state index in [1.807, 2.05) is 24.7 Å². The molecule has 2 aromatic rings. The van der Waals surface area contributed by atoms with Crippen LogP contribution in [-0.2, 0) is 11.2 Å². The molecule has 1 aromatic carbocycles. The molecular weight excluding hydrogens is 264 g/mol. The van der Waals surface area contributed by atoms with Crippen LogP contribution >= 0.6 is 0 Å². The van der Waals surface area contributed by atoms with Crippen molar-refractivity contribution < 1.29 is 4.79 Å². The number of hydrogen-bond acceptors (Lipinski definition) is 3. The summed E-state index contributed by atoms with van der Waals surface area (Å²) in [6, 6.07) is 7.96. The second-order valence-electron chi connectivity index (χ2n) is 5.30. The van der Waals surface area contributed by atoms with Crippen molar-refractivity contribution in [3.05, 3.63) is 47.5 Å². The van der Waals surface area contributed by atoms with E-state index in [-0.39, 0.29) is 11.9 Å². The van der Waals surface area contributed by atoms with Gasteiger partial charge in [0, 0.05) is 18.8 Å². The number of benzene rings is 1. The van der Waals surface area contributed by atoms with Crippen LogP contribution in [0, 0.1) is 11.3 Å². The number of carbonyl (C=O) groups excluding carboxylic acids is 1. The molecule has 5 nitrogen and oxygen atoms in total. The Morgan fingerprint density at radius 1 is 1.52 bits per heavy atom. The molecule has 0 radical (unpaired) electrons. The highest BCUT2D eigenvalue weighted by Gasteiger charge is 2.21. The van der Waals surface area contributed by atoms with Crippen LogP contribution in [0.25, 0.3) is 0 Å². The molecule has 0 saturated heterocycles. The summed E-state index contributed by atoms with van der Waals surface area (Å²) >= 11 is 0. The molecule has 1 aromatic heterocycles. The lowest BCUT2D eigenvalue weighted by Gasteiger charge is -2.26. The number of aryl methyl sites for hydroxylation is 1. The highest BCUT2D eigenvalue weighted by Crippen LogP contribution is 2.32. The Balaban J connectivity index is 2.01. The lowest BCUT2D eigenvalue weighted by molar-refractivity contribution is -0.114. The molecule has 0 spiro atoms. The number of fused-ring (bicyclic) bond motifs is 1. The van der Waals surface area contributed by atoms with Gasteiger partial charge in [-0.05, 0) is 37.0 Å². The zero-order valence-electron chi connectivity index (χ0n) is 11.8. The predicted octanol–water partition coefficient (Wildman–Crippen LogP) is 2.64. The standard InChI is InChI=1S/C16H16N4O/c1-11(21)19-15-7-12(5-6-13(15)8-17)16-4-2-3-14-9-18-10-20(14)16/h5-7,9-10,16H,2-4H2,1H3,(H,19,21). The van der Waals surface area contributed by atoms with Crippen molar-refractivity contribution >= 4 is 11.6 Å². The number of nitrogens with one attached hydrogen (secondary N) is 1. The number of amides is 1. The Hall–Kier alpha value is -2.61. The van der Waals surface area contributed by atoms with Gasteiger partial charge >= 0.3 is 0 Å². The van der Waals surface area contributed by atoms with Gasteiger partial charge in [0.2, 0.25) is 5.91 Å². The molecule has 0 fully saturated rings. The third kappa shape index (κ3) is 2.52. The quantitative estimate of drug-likeness (QED) is 0.919. The molecule has 1 amide bonds. The lowest BCUT2D eigenvalue weighted by Crippen LogP contribution is -2.18. The predicted molar refractivity (Wildman–Crippen MR) is 78.8 cm³/mol. The molecule has 1 unspecified atom stereocenters. The molecule has 1 atom stereocenters. The van der Waals surface area contributed by atoms with E-state index in [2.05, 4.69) is 20.9 Å². The number of imidazole rings is 1. The van der Waals surface area contributed by atoms with Crippen LogP contribution in [0.3, 0.4) is 0 Å². The van der Waals surface area contributed by atoms with E-state index in [0.717, 1.165) is 24.8 Å². The van der Waals surface area contributed by atoms with Crippen molar-refractivity contribution in [3.8, 4) is 6.07 Å². The number of rotatable bonds is 2. The van der Waals surface area contributed by atoms with Gasteiger partial charge in [0.05, 0.1) is 23.6 Å². The SMILES string of the molecule is CC(=O)Nc1cc(C2CCCc3cncn32)ccc1C#N. The van der Waals surface area contributed by atoms with Crippen molar-refractivity contribution in [1.82, 2.24) is 9.55 Å². The van der Waals surface area contributed by atoms with Crippen molar-refractivity contribution in [2.45, 2.75) is 32.2 Å². The van der Waals surface area contributed by atoms with Gasteiger partial charge in [0.25, 0.3) is 0 Å². The van der Waals surface area contributed by atoms with Crippen molar-refractivity contribution in [2.24, 2.45) is 0 Å². The normalized spacial score (nSPS) is 16.9. The van der Waals surface area contributed by atoms with E-state index in [9.17, 15) is 4.79 Å². The summed E-state index contributed by atoms with van der Waals surface area (Å²) in [7, 11) is 0. The van der Waals surface area contributed by atoms with Crippen LogP contribution in [0.5, 0.6) is 0 Å². The summed E-state index contributed by atoms with van der Waals surface area (Å²) in [6.45, 7) is 1.45. The average Bonchev–Trinajstić information content (AvgIpc) is 2.95. The molecule has 0 bridgehead atoms. The fourth-order valence-electron chi connectivity index (χ4n) is 2.91. The first-order chi connectivity index (χ1) is 10.2. The van der Waals surface area contributed by atoms with Crippen LogP contribution in [0.1, 0.15) is 42.6 Å². The summed E-state index contributed by atoms with van der Waals surface area (Å²) in [6.07, 6.45) is 6.96. The average molecular weight is 280 g/mol.